The SMILES string of the molecule is N#CCCNC(=O)CN1CCSCC1. The van der Waals surface area contributed by atoms with Gasteiger partial charge in [-0.1, -0.05) is 0 Å². The lowest BCUT2D eigenvalue weighted by Gasteiger charge is -2.25. The van der Waals surface area contributed by atoms with Crippen LogP contribution in [0.25, 0.3) is 0 Å². The molecule has 0 radical (unpaired) electrons. The van der Waals surface area contributed by atoms with Gasteiger partial charge in [-0.3, -0.25) is 9.69 Å². The molecule has 0 aromatic carbocycles. The molecule has 0 bridgehead atoms. The summed E-state index contributed by atoms with van der Waals surface area (Å²) in [5, 5.41) is 11.0. The highest BCUT2D eigenvalue weighted by atomic mass is 32.2. The van der Waals surface area contributed by atoms with E-state index in [1.807, 2.05) is 17.8 Å². The molecule has 0 aromatic rings. The van der Waals surface area contributed by atoms with E-state index in [2.05, 4.69) is 10.2 Å². The molecule has 14 heavy (non-hydrogen) atoms. The molecule has 0 unspecified atom stereocenters. The Bertz CT molecular complexity index is 221. The zero-order chi connectivity index (χ0) is 10.2. The van der Waals surface area contributed by atoms with Gasteiger partial charge in [0.05, 0.1) is 19.0 Å². The molecule has 0 atom stereocenters. The number of nitrogens with zero attached hydrogens (tertiary/aromatic N) is 2. The van der Waals surface area contributed by atoms with Crippen LogP contribution in [0, 0.1) is 11.3 Å². The highest BCUT2D eigenvalue weighted by Crippen LogP contribution is 2.07. The predicted molar refractivity (Wildman–Crippen MR) is 57.0 cm³/mol. The molecule has 5 heteroatoms. The van der Waals surface area contributed by atoms with E-state index in [4.69, 9.17) is 5.26 Å². The number of rotatable bonds is 4. The van der Waals surface area contributed by atoms with Gasteiger partial charge >= 0.3 is 0 Å². The lowest BCUT2D eigenvalue weighted by atomic mass is 10.4. The Morgan fingerprint density at radius 1 is 1.50 bits per heavy atom. The van der Waals surface area contributed by atoms with E-state index >= 15 is 0 Å². The fourth-order valence-electron chi connectivity index (χ4n) is 1.28. The molecule has 1 amide bonds. The first-order valence-corrected chi connectivity index (χ1v) is 5.92. The monoisotopic (exact) mass is 213 g/mol. The van der Waals surface area contributed by atoms with Crippen molar-refractivity contribution in [3.05, 3.63) is 0 Å². The number of hydrogen-bond acceptors (Lipinski definition) is 4. The van der Waals surface area contributed by atoms with Crippen LogP contribution in [0.4, 0.5) is 0 Å². The summed E-state index contributed by atoms with van der Waals surface area (Å²) >= 11 is 1.93. The number of carbonyl (C=O) groups excluding carboxylic acids is 1. The van der Waals surface area contributed by atoms with Crippen LogP contribution in [-0.4, -0.2) is 48.5 Å². The molecule has 1 rings (SSSR count). The Kier molecular flexibility index (Phi) is 5.42. The van der Waals surface area contributed by atoms with Gasteiger partial charge < -0.3 is 5.32 Å². The number of nitrogens with one attached hydrogen (secondary N) is 1. The fourth-order valence-corrected chi connectivity index (χ4v) is 2.25. The zero-order valence-electron chi connectivity index (χ0n) is 8.16. The van der Waals surface area contributed by atoms with Crippen LogP contribution in [0.1, 0.15) is 6.42 Å². The van der Waals surface area contributed by atoms with Crippen LogP contribution in [0.3, 0.4) is 0 Å². The summed E-state index contributed by atoms with van der Waals surface area (Å²) in [4.78, 5) is 13.5. The molecule has 0 spiro atoms. The summed E-state index contributed by atoms with van der Waals surface area (Å²) < 4.78 is 0. The summed E-state index contributed by atoms with van der Waals surface area (Å²) in [7, 11) is 0. The topological polar surface area (TPSA) is 56.1 Å². The molecule has 4 nitrogen and oxygen atoms in total. The van der Waals surface area contributed by atoms with E-state index in [1.54, 1.807) is 0 Å². The molecule has 1 saturated heterocycles. The third kappa shape index (κ3) is 4.49. The van der Waals surface area contributed by atoms with Crippen LogP contribution in [0.2, 0.25) is 0 Å². The van der Waals surface area contributed by atoms with Crippen molar-refractivity contribution in [2.75, 3.05) is 37.7 Å². The van der Waals surface area contributed by atoms with E-state index in [-0.39, 0.29) is 5.91 Å². The maximum absolute atomic E-state index is 11.3. The molecule has 1 aliphatic heterocycles. The van der Waals surface area contributed by atoms with Gasteiger partial charge in [-0.2, -0.15) is 17.0 Å². The van der Waals surface area contributed by atoms with Gasteiger partial charge in [0.2, 0.25) is 5.91 Å². The second kappa shape index (κ2) is 6.68. The van der Waals surface area contributed by atoms with Gasteiger partial charge in [0, 0.05) is 31.1 Å². The van der Waals surface area contributed by atoms with Crippen molar-refractivity contribution in [1.82, 2.24) is 10.2 Å². The smallest absolute Gasteiger partial charge is 0.234 e. The molecule has 1 fully saturated rings. The number of carbonyl (C=O) groups is 1. The lowest BCUT2D eigenvalue weighted by molar-refractivity contribution is -0.122. The van der Waals surface area contributed by atoms with Crippen molar-refractivity contribution in [1.29, 1.82) is 5.26 Å². The second-order valence-corrected chi connectivity index (χ2v) is 4.37. The third-order valence-corrected chi connectivity index (χ3v) is 2.97. The summed E-state index contributed by atoms with van der Waals surface area (Å²) in [6, 6.07) is 2.00. The van der Waals surface area contributed by atoms with Crippen LogP contribution < -0.4 is 5.32 Å². The van der Waals surface area contributed by atoms with Crippen molar-refractivity contribution >= 4 is 17.7 Å². The average Bonchev–Trinajstić information content (AvgIpc) is 2.20. The predicted octanol–water partition coefficient (Wildman–Crippen LogP) is 0.0651. The summed E-state index contributed by atoms with van der Waals surface area (Å²) in [5.41, 5.74) is 0. The summed E-state index contributed by atoms with van der Waals surface area (Å²) in [5.74, 6) is 2.27. The maximum atomic E-state index is 11.3. The molecule has 1 heterocycles. The van der Waals surface area contributed by atoms with Crippen molar-refractivity contribution < 1.29 is 4.79 Å². The first-order chi connectivity index (χ1) is 6.83. The third-order valence-electron chi connectivity index (χ3n) is 2.03. The Labute approximate surface area is 88.6 Å². The Morgan fingerprint density at radius 3 is 2.86 bits per heavy atom. The van der Waals surface area contributed by atoms with E-state index in [0.29, 0.717) is 19.5 Å². The summed E-state index contributed by atoms with van der Waals surface area (Å²) in [6.07, 6.45) is 0.390. The van der Waals surface area contributed by atoms with Crippen LogP contribution in [0.5, 0.6) is 0 Å². The van der Waals surface area contributed by atoms with Crippen LogP contribution in [0.15, 0.2) is 0 Å². The number of nitriles is 1. The quantitative estimate of drug-likeness (QED) is 0.671. The first kappa shape index (κ1) is 11.3. The number of thioether (sulfide) groups is 1. The Hall–Kier alpha value is -0.730. The largest absolute Gasteiger partial charge is 0.354 e. The average molecular weight is 213 g/mol. The van der Waals surface area contributed by atoms with E-state index in [1.165, 1.54) is 0 Å². The highest BCUT2D eigenvalue weighted by Gasteiger charge is 2.13. The molecule has 0 aromatic heterocycles. The van der Waals surface area contributed by atoms with E-state index in [9.17, 15) is 4.79 Å². The minimum absolute atomic E-state index is 0.0344. The van der Waals surface area contributed by atoms with Crippen molar-refractivity contribution in [2.45, 2.75) is 6.42 Å². The van der Waals surface area contributed by atoms with Crippen molar-refractivity contribution in [3.8, 4) is 6.07 Å². The van der Waals surface area contributed by atoms with Gasteiger partial charge in [0.15, 0.2) is 0 Å². The Morgan fingerprint density at radius 2 is 2.21 bits per heavy atom. The van der Waals surface area contributed by atoms with E-state index < -0.39 is 0 Å². The molecule has 1 aliphatic rings. The molecule has 0 saturated carbocycles. The molecular formula is C9H15N3OS. The van der Waals surface area contributed by atoms with Gasteiger partial charge in [-0.15, -0.1) is 0 Å². The second-order valence-electron chi connectivity index (χ2n) is 3.15. The highest BCUT2D eigenvalue weighted by molar-refractivity contribution is 7.99. The van der Waals surface area contributed by atoms with Gasteiger partial charge in [0.1, 0.15) is 0 Å². The summed E-state index contributed by atoms with van der Waals surface area (Å²) in [6.45, 7) is 2.94. The van der Waals surface area contributed by atoms with E-state index in [0.717, 1.165) is 24.6 Å². The van der Waals surface area contributed by atoms with Gasteiger partial charge in [-0.05, 0) is 0 Å². The lowest BCUT2D eigenvalue weighted by Crippen LogP contribution is -2.41. The Balaban J connectivity index is 2.10. The molecule has 0 aliphatic carbocycles. The van der Waals surface area contributed by atoms with Gasteiger partial charge in [-0.25, -0.2) is 0 Å². The normalized spacial score (nSPS) is 17.4. The van der Waals surface area contributed by atoms with Crippen molar-refractivity contribution in [3.63, 3.8) is 0 Å². The van der Waals surface area contributed by atoms with Crippen LogP contribution >= 0.6 is 11.8 Å². The first-order valence-electron chi connectivity index (χ1n) is 4.76. The maximum Gasteiger partial charge on any atom is 0.234 e. The fraction of sp³-hybridized carbons (Fsp3) is 0.778. The van der Waals surface area contributed by atoms with Gasteiger partial charge in [0.25, 0.3) is 0 Å². The minimum atomic E-state index is 0.0344. The van der Waals surface area contributed by atoms with Crippen LogP contribution in [-0.2, 0) is 4.79 Å². The zero-order valence-corrected chi connectivity index (χ0v) is 8.98. The van der Waals surface area contributed by atoms with Crippen molar-refractivity contribution in [2.24, 2.45) is 0 Å². The minimum Gasteiger partial charge on any atom is -0.354 e. The number of hydrogen-bond donors (Lipinski definition) is 1. The standard InChI is InChI=1S/C9H15N3OS/c10-2-1-3-11-9(13)8-12-4-6-14-7-5-12/h1,3-8H2,(H,11,13). The molecule has 78 valence electrons. The number of amides is 1. The molecular weight excluding hydrogens is 198 g/mol. The molecule has 1 N–H and O–H groups in total.